The van der Waals surface area contributed by atoms with Gasteiger partial charge in [-0.2, -0.15) is 0 Å². The van der Waals surface area contributed by atoms with Gasteiger partial charge in [-0.05, 0) is 56.2 Å². The lowest BCUT2D eigenvalue weighted by atomic mass is 9.97. The molecular formula is C22H23N2O4. The second-order valence-electron chi connectivity index (χ2n) is 6.94. The molecule has 145 valence electrons. The van der Waals surface area contributed by atoms with E-state index >= 15 is 0 Å². The highest BCUT2D eigenvalue weighted by molar-refractivity contribution is 6.05. The minimum absolute atomic E-state index is 0.184. The van der Waals surface area contributed by atoms with E-state index in [0.717, 1.165) is 18.4 Å². The topological polar surface area (TPSA) is 75.7 Å². The number of esters is 1. The van der Waals surface area contributed by atoms with E-state index in [-0.39, 0.29) is 23.7 Å². The Balaban J connectivity index is 1.70. The fraction of sp³-hybridized carbons (Fsp3) is 0.318. The Morgan fingerprint density at radius 3 is 2.61 bits per heavy atom. The predicted octanol–water partition coefficient (Wildman–Crippen LogP) is 3.07. The molecule has 0 bridgehead atoms. The van der Waals surface area contributed by atoms with Gasteiger partial charge in [-0.25, -0.2) is 0 Å². The molecule has 28 heavy (non-hydrogen) atoms. The molecule has 0 aromatic heterocycles. The van der Waals surface area contributed by atoms with Crippen LogP contribution in [-0.4, -0.2) is 42.9 Å². The average Bonchev–Trinajstić information content (AvgIpc) is 2.73. The maximum atomic E-state index is 12.8. The largest absolute Gasteiger partial charge is 0.469 e. The number of hydrogen-bond donors (Lipinski definition) is 1. The van der Waals surface area contributed by atoms with E-state index in [9.17, 15) is 14.4 Å². The van der Waals surface area contributed by atoms with Gasteiger partial charge >= 0.3 is 5.97 Å². The van der Waals surface area contributed by atoms with Crippen molar-refractivity contribution >= 4 is 23.5 Å². The lowest BCUT2D eigenvalue weighted by Gasteiger charge is -2.31. The Morgan fingerprint density at radius 1 is 1.14 bits per heavy atom. The van der Waals surface area contributed by atoms with E-state index < -0.39 is 0 Å². The fourth-order valence-corrected chi connectivity index (χ4v) is 3.28. The number of nitrogens with zero attached hydrogens (tertiary/aromatic N) is 1. The summed E-state index contributed by atoms with van der Waals surface area (Å²) >= 11 is 0. The Morgan fingerprint density at radius 2 is 1.89 bits per heavy atom. The van der Waals surface area contributed by atoms with Crippen LogP contribution in [0.4, 0.5) is 5.69 Å². The van der Waals surface area contributed by atoms with Crippen molar-refractivity contribution in [3.05, 3.63) is 65.2 Å². The maximum Gasteiger partial charge on any atom is 0.310 e. The zero-order chi connectivity index (χ0) is 20.1. The third kappa shape index (κ3) is 4.57. The molecule has 1 radical (unpaired) electrons. The number of methoxy groups -OCH3 is 1. The van der Waals surface area contributed by atoms with Crippen LogP contribution >= 0.6 is 0 Å². The van der Waals surface area contributed by atoms with E-state index in [1.165, 1.54) is 7.11 Å². The molecule has 0 saturated carbocycles. The van der Waals surface area contributed by atoms with Crippen LogP contribution in [0, 0.1) is 18.9 Å². The van der Waals surface area contributed by atoms with Gasteiger partial charge in [0.05, 0.1) is 13.0 Å². The lowest BCUT2D eigenvalue weighted by molar-refractivity contribution is -0.146. The zero-order valence-corrected chi connectivity index (χ0v) is 16.0. The predicted molar refractivity (Wildman–Crippen MR) is 105 cm³/mol. The van der Waals surface area contributed by atoms with Crippen LogP contribution in [0.2, 0.25) is 0 Å². The van der Waals surface area contributed by atoms with E-state index in [1.807, 2.05) is 19.1 Å². The molecule has 1 unspecified atom stereocenters. The Bertz CT molecular complexity index is 876. The van der Waals surface area contributed by atoms with Crippen LogP contribution < -0.4 is 5.32 Å². The fourth-order valence-electron chi connectivity index (χ4n) is 3.28. The first-order valence-electron chi connectivity index (χ1n) is 9.24. The van der Waals surface area contributed by atoms with Gasteiger partial charge in [0.2, 0.25) is 0 Å². The number of nitrogens with one attached hydrogen (secondary N) is 1. The van der Waals surface area contributed by atoms with Crippen molar-refractivity contribution in [1.82, 2.24) is 4.90 Å². The van der Waals surface area contributed by atoms with Crippen molar-refractivity contribution in [1.29, 1.82) is 0 Å². The Kier molecular flexibility index (Phi) is 6.09. The maximum absolute atomic E-state index is 12.8. The van der Waals surface area contributed by atoms with E-state index in [0.29, 0.717) is 29.9 Å². The van der Waals surface area contributed by atoms with Crippen molar-refractivity contribution in [2.24, 2.45) is 5.92 Å². The van der Waals surface area contributed by atoms with Gasteiger partial charge in [0.1, 0.15) is 0 Å². The second-order valence-corrected chi connectivity index (χ2v) is 6.94. The summed E-state index contributed by atoms with van der Waals surface area (Å²) in [6, 6.07) is 15.0. The quantitative estimate of drug-likeness (QED) is 0.829. The first-order valence-corrected chi connectivity index (χ1v) is 9.24. The average molecular weight is 379 g/mol. The molecule has 6 heteroatoms. The Hall–Kier alpha value is -3.15. The molecule has 1 N–H and O–H groups in total. The first kappa shape index (κ1) is 19.6. The van der Waals surface area contributed by atoms with Gasteiger partial charge in [-0.3, -0.25) is 14.4 Å². The molecule has 0 aliphatic carbocycles. The molecule has 0 spiro atoms. The monoisotopic (exact) mass is 379 g/mol. The SMILES string of the molecule is COC(=O)C1CCCN(C(=O)c2c[c]cc(NC(=O)c3ccc(C)cc3)c2)C1. The van der Waals surface area contributed by atoms with Crippen LogP contribution in [0.3, 0.4) is 0 Å². The number of hydrogen-bond acceptors (Lipinski definition) is 4. The highest BCUT2D eigenvalue weighted by Gasteiger charge is 2.29. The molecule has 1 atom stereocenters. The standard InChI is InChI=1S/C22H23N2O4/c1-15-8-10-16(11-9-15)20(25)23-19-7-3-5-17(13-19)21(26)24-12-4-6-18(14-24)22(27)28-2/h5,7-11,13,18H,4,6,12,14H2,1-2H3,(H,23,25). The van der Waals surface area contributed by atoms with Crippen LogP contribution in [0.5, 0.6) is 0 Å². The summed E-state index contributed by atoms with van der Waals surface area (Å²) in [5, 5.41) is 2.80. The van der Waals surface area contributed by atoms with E-state index in [1.54, 1.807) is 35.2 Å². The van der Waals surface area contributed by atoms with E-state index in [4.69, 9.17) is 4.74 Å². The molecule has 1 fully saturated rings. The van der Waals surface area contributed by atoms with Crippen molar-refractivity contribution in [2.45, 2.75) is 19.8 Å². The molecular weight excluding hydrogens is 356 g/mol. The van der Waals surface area contributed by atoms with Gasteiger partial charge in [-0.1, -0.05) is 17.7 Å². The highest BCUT2D eigenvalue weighted by atomic mass is 16.5. The minimum Gasteiger partial charge on any atom is -0.469 e. The van der Waals surface area contributed by atoms with Crippen molar-refractivity contribution in [2.75, 3.05) is 25.5 Å². The third-order valence-corrected chi connectivity index (χ3v) is 4.85. The number of amides is 2. The van der Waals surface area contributed by atoms with Gasteiger partial charge < -0.3 is 15.0 Å². The molecule has 2 aromatic rings. The van der Waals surface area contributed by atoms with Crippen LogP contribution in [0.1, 0.15) is 39.1 Å². The smallest absolute Gasteiger partial charge is 0.310 e. The number of ether oxygens (including phenoxy) is 1. The minimum atomic E-state index is -0.295. The summed E-state index contributed by atoms with van der Waals surface area (Å²) in [5.41, 5.74) is 2.54. The number of carbonyl (C=O) groups excluding carboxylic acids is 3. The normalized spacial score (nSPS) is 16.4. The number of benzene rings is 2. The Labute approximate surface area is 164 Å². The molecule has 1 aliphatic heterocycles. The van der Waals surface area contributed by atoms with Gasteiger partial charge in [0.25, 0.3) is 11.8 Å². The lowest BCUT2D eigenvalue weighted by Crippen LogP contribution is -2.42. The molecule has 3 rings (SSSR count). The summed E-state index contributed by atoms with van der Waals surface area (Å²) in [4.78, 5) is 38.7. The van der Waals surface area contributed by atoms with Gasteiger partial charge in [-0.15, -0.1) is 0 Å². The molecule has 6 nitrogen and oxygen atoms in total. The van der Waals surface area contributed by atoms with Crippen LogP contribution in [0.25, 0.3) is 0 Å². The number of rotatable bonds is 4. The summed E-state index contributed by atoms with van der Waals surface area (Å²) in [7, 11) is 1.36. The number of anilines is 1. The van der Waals surface area contributed by atoms with Crippen LogP contribution in [-0.2, 0) is 9.53 Å². The summed E-state index contributed by atoms with van der Waals surface area (Å²) in [5.74, 6) is -1.02. The zero-order valence-electron chi connectivity index (χ0n) is 16.0. The van der Waals surface area contributed by atoms with Crippen molar-refractivity contribution in [3.8, 4) is 0 Å². The van der Waals surface area contributed by atoms with Crippen molar-refractivity contribution in [3.63, 3.8) is 0 Å². The van der Waals surface area contributed by atoms with Gasteiger partial charge in [0, 0.05) is 29.9 Å². The highest BCUT2D eigenvalue weighted by Crippen LogP contribution is 2.21. The number of piperidine rings is 1. The molecule has 1 saturated heterocycles. The number of likely N-dealkylation sites (tertiary alicyclic amines) is 1. The summed E-state index contributed by atoms with van der Waals surface area (Å²) in [6.45, 7) is 2.88. The number of aryl methyl sites for hydroxylation is 1. The molecule has 2 aromatic carbocycles. The van der Waals surface area contributed by atoms with Crippen molar-refractivity contribution < 1.29 is 19.1 Å². The van der Waals surface area contributed by atoms with Crippen LogP contribution in [0.15, 0.2) is 42.5 Å². The first-order chi connectivity index (χ1) is 13.5. The van der Waals surface area contributed by atoms with E-state index in [2.05, 4.69) is 11.4 Å². The molecule has 1 heterocycles. The second kappa shape index (κ2) is 8.69. The van der Waals surface area contributed by atoms with Gasteiger partial charge in [0.15, 0.2) is 0 Å². The summed E-state index contributed by atoms with van der Waals surface area (Å²) < 4.78 is 4.81. The third-order valence-electron chi connectivity index (χ3n) is 4.85. The molecule has 2 amide bonds. The number of carbonyl (C=O) groups is 3. The molecule has 1 aliphatic rings. The summed E-state index contributed by atoms with van der Waals surface area (Å²) in [6.07, 6.45) is 1.47.